The summed E-state index contributed by atoms with van der Waals surface area (Å²) in [6.07, 6.45) is -0.465. The van der Waals surface area contributed by atoms with Crippen LogP contribution in [0.2, 0.25) is 0 Å². The zero-order chi connectivity index (χ0) is 13.0. The lowest BCUT2D eigenvalue weighted by atomic mass is 10.2. The van der Waals surface area contributed by atoms with Crippen LogP contribution < -0.4 is 5.32 Å². The highest BCUT2D eigenvalue weighted by atomic mass is 19.2. The molecule has 1 aromatic carbocycles. The monoisotopic (exact) mass is 246 g/mol. The Labute approximate surface area is 93.7 Å². The molecule has 0 atom stereocenters. The third-order valence-corrected chi connectivity index (χ3v) is 1.89. The van der Waals surface area contributed by atoms with Crippen LogP contribution >= 0.6 is 0 Å². The lowest BCUT2D eigenvalue weighted by Crippen LogP contribution is -2.23. The smallest absolute Gasteiger partial charge is 0.234 e. The van der Waals surface area contributed by atoms with Crippen LogP contribution in [0.5, 0.6) is 0 Å². The Bertz CT molecular complexity index is 496. The summed E-state index contributed by atoms with van der Waals surface area (Å²) in [7, 11) is 0. The number of benzene rings is 1. The molecule has 90 valence electrons. The maximum atomic E-state index is 13.1. The van der Waals surface area contributed by atoms with Crippen LogP contribution in [0.4, 0.5) is 17.6 Å². The molecule has 0 aliphatic rings. The number of carbonyl (C=O) groups excluding carboxylic acids is 1. The van der Waals surface area contributed by atoms with Crippen LogP contribution in [0.3, 0.4) is 0 Å². The predicted octanol–water partition coefficient (Wildman–Crippen LogP) is 1.77. The molecule has 0 saturated carbocycles. The molecule has 0 aromatic heterocycles. The van der Waals surface area contributed by atoms with E-state index in [9.17, 15) is 22.4 Å². The van der Waals surface area contributed by atoms with Crippen molar-refractivity contribution >= 4 is 5.91 Å². The largest absolute Gasteiger partial charge is 0.351 e. The second kappa shape index (κ2) is 5.30. The summed E-state index contributed by atoms with van der Waals surface area (Å²) >= 11 is 0. The highest BCUT2D eigenvalue weighted by Crippen LogP contribution is 2.18. The molecular formula is C10H6F4N2O. The maximum absolute atomic E-state index is 13.1. The average Bonchev–Trinajstić information content (AvgIpc) is 2.30. The first-order valence-corrected chi connectivity index (χ1v) is 4.43. The standard InChI is InChI=1S/C10H6F4N2O/c11-6-3-5(4-16-7(17)1-2-15)8(12)10(14)9(6)13/h3H,1,4H2,(H,16,17). The molecule has 7 heteroatoms. The first kappa shape index (κ1) is 13.0. The molecule has 0 heterocycles. The van der Waals surface area contributed by atoms with Crippen LogP contribution in [-0.4, -0.2) is 5.91 Å². The van der Waals surface area contributed by atoms with E-state index in [1.165, 1.54) is 6.07 Å². The first-order chi connectivity index (χ1) is 7.97. The Hall–Kier alpha value is -2.10. The molecule has 0 spiro atoms. The van der Waals surface area contributed by atoms with E-state index in [0.29, 0.717) is 6.07 Å². The summed E-state index contributed by atoms with van der Waals surface area (Å²) in [5, 5.41) is 10.2. The van der Waals surface area contributed by atoms with Gasteiger partial charge < -0.3 is 5.32 Å². The van der Waals surface area contributed by atoms with Crippen LogP contribution in [0.15, 0.2) is 6.07 Å². The summed E-state index contributed by atoms with van der Waals surface area (Å²) in [6.45, 7) is -0.527. The summed E-state index contributed by atoms with van der Waals surface area (Å²) < 4.78 is 51.2. The molecular weight excluding hydrogens is 240 g/mol. The predicted molar refractivity (Wildman–Crippen MR) is 48.4 cm³/mol. The minimum atomic E-state index is -1.94. The van der Waals surface area contributed by atoms with E-state index in [2.05, 4.69) is 5.32 Å². The molecule has 0 aliphatic heterocycles. The van der Waals surface area contributed by atoms with Gasteiger partial charge in [0, 0.05) is 12.1 Å². The maximum Gasteiger partial charge on any atom is 0.234 e. The molecule has 1 aromatic rings. The lowest BCUT2D eigenvalue weighted by Gasteiger charge is -2.06. The van der Waals surface area contributed by atoms with Crippen molar-refractivity contribution in [1.82, 2.24) is 5.32 Å². The molecule has 0 saturated heterocycles. The molecule has 0 radical (unpaired) electrons. The summed E-state index contributed by atoms with van der Waals surface area (Å²) in [4.78, 5) is 10.8. The van der Waals surface area contributed by atoms with Crippen LogP contribution in [0.25, 0.3) is 0 Å². The molecule has 0 aliphatic carbocycles. The molecule has 0 bridgehead atoms. The molecule has 1 rings (SSSR count). The highest BCUT2D eigenvalue weighted by Gasteiger charge is 2.18. The highest BCUT2D eigenvalue weighted by molar-refractivity contribution is 5.77. The first-order valence-electron chi connectivity index (χ1n) is 4.43. The second-order valence-electron chi connectivity index (χ2n) is 3.07. The number of nitrogens with zero attached hydrogens (tertiary/aromatic N) is 1. The van der Waals surface area contributed by atoms with Gasteiger partial charge in [0.05, 0.1) is 6.07 Å². The number of halogens is 4. The Morgan fingerprint density at radius 1 is 1.24 bits per heavy atom. The number of rotatable bonds is 3. The van der Waals surface area contributed by atoms with E-state index >= 15 is 0 Å². The molecule has 17 heavy (non-hydrogen) atoms. The molecule has 0 fully saturated rings. The van der Waals surface area contributed by atoms with Crippen molar-refractivity contribution in [2.75, 3.05) is 0 Å². The van der Waals surface area contributed by atoms with Gasteiger partial charge in [0.2, 0.25) is 5.91 Å². The minimum Gasteiger partial charge on any atom is -0.351 e. The van der Waals surface area contributed by atoms with Crippen molar-refractivity contribution in [3.8, 4) is 6.07 Å². The Balaban J connectivity index is 2.86. The fraction of sp³-hybridized carbons (Fsp3) is 0.200. The van der Waals surface area contributed by atoms with Gasteiger partial charge in [-0.3, -0.25) is 4.79 Å². The van der Waals surface area contributed by atoms with Crippen molar-refractivity contribution in [1.29, 1.82) is 5.26 Å². The minimum absolute atomic E-state index is 0.445. The van der Waals surface area contributed by atoms with Crippen molar-refractivity contribution < 1.29 is 22.4 Å². The van der Waals surface area contributed by atoms with Crippen LogP contribution in [0, 0.1) is 34.6 Å². The van der Waals surface area contributed by atoms with Gasteiger partial charge in [-0.1, -0.05) is 0 Å². The molecule has 1 amide bonds. The quantitative estimate of drug-likeness (QED) is 0.502. The third-order valence-electron chi connectivity index (χ3n) is 1.89. The van der Waals surface area contributed by atoms with E-state index in [1.807, 2.05) is 0 Å². The molecule has 0 unspecified atom stereocenters. The lowest BCUT2D eigenvalue weighted by molar-refractivity contribution is -0.120. The normalized spacial score (nSPS) is 9.82. The van der Waals surface area contributed by atoms with Gasteiger partial charge in [0.15, 0.2) is 23.3 Å². The van der Waals surface area contributed by atoms with Crippen molar-refractivity contribution in [2.24, 2.45) is 0 Å². The molecule has 3 nitrogen and oxygen atoms in total. The third kappa shape index (κ3) is 2.93. The van der Waals surface area contributed by atoms with E-state index in [4.69, 9.17) is 5.26 Å². The Kier molecular flexibility index (Phi) is 4.04. The van der Waals surface area contributed by atoms with Gasteiger partial charge in [0.25, 0.3) is 0 Å². The Morgan fingerprint density at radius 2 is 1.88 bits per heavy atom. The van der Waals surface area contributed by atoms with Crippen LogP contribution in [0.1, 0.15) is 12.0 Å². The zero-order valence-corrected chi connectivity index (χ0v) is 8.36. The van der Waals surface area contributed by atoms with Gasteiger partial charge in [-0.25, -0.2) is 17.6 Å². The summed E-state index contributed by atoms with van der Waals surface area (Å²) in [6, 6.07) is 1.98. The van der Waals surface area contributed by atoms with Crippen molar-refractivity contribution in [2.45, 2.75) is 13.0 Å². The van der Waals surface area contributed by atoms with Gasteiger partial charge in [0.1, 0.15) is 6.42 Å². The number of nitrogens with one attached hydrogen (secondary N) is 1. The fourth-order valence-corrected chi connectivity index (χ4v) is 1.08. The SMILES string of the molecule is N#CCC(=O)NCc1cc(F)c(F)c(F)c1F. The van der Waals surface area contributed by atoms with Crippen molar-refractivity contribution in [3.05, 3.63) is 34.9 Å². The van der Waals surface area contributed by atoms with Gasteiger partial charge >= 0.3 is 0 Å². The van der Waals surface area contributed by atoms with Gasteiger partial charge in [-0.15, -0.1) is 0 Å². The second-order valence-corrected chi connectivity index (χ2v) is 3.07. The van der Waals surface area contributed by atoms with E-state index < -0.39 is 47.7 Å². The number of hydrogen-bond acceptors (Lipinski definition) is 2. The van der Waals surface area contributed by atoms with E-state index in [-0.39, 0.29) is 0 Å². The average molecular weight is 246 g/mol. The number of nitriles is 1. The number of carbonyl (C=O) groups is 1. The van der Waals surface area contributed by atoms with E-state index in [0.717, 1.165) is 0 Å². The number of hydrogen-bond donors (Lipinski definition) is 1. The summed E-state index contributed by atoms with van der Waals surface area (Å²) in [5.74, 6) is -7.68. The molecule has 1 N–H and O–H groups in total. The fourth-order valence-electron chi connectivity index (χ4n) is 1.08. The zero-order valence-electron chi connectivity index (χ0n) is 8.36. The Morgan fingerprint density at radius 3 is 2.47 bits per heavy atom. The summed E-state index contributed by atoms with van der Waals surface area (Å²) in [5.41, 5.74) is -0.535. The van der Waals surface area contributed by atoms with Crippen molar-refractivity contribution in [3.63, 3.8) is 0 Å². The topological polar surface area (TPSA) is 52.9 Å². The van der Waals surface area contributed by atoms with E-state index in [1.54, 1.807) is 0 Å². The van der Waals surface area contributed by atoms with Crippen LogP contribution in [-0.2, 0) is 11.3 Å². The van der Waals surface area contributed by atoms with Gasteiger partial charge in [-0.05, 0) is 6.07 Å². The number of amides is 1. The van der Waals surface area contributed by atoms with Gasteiger partial charge in [-0.2, -0.15) is 5.26 Å².